The molecule has 0 radical (unpaired) electrons. The van der Waals surface area contributed by atoms with Crippen molar-refractivity contribution in [2.75, 3.05) is 0 Å². The van der Waals surface area contributed by atoms with Gasteiger partial charge in [-0.2, -0.15) is 0 Å². The molecule has 0 spiro atoms. The predicted molar refractivity (Wildman–Crippen MR) is 62.0 cm³/mol. The Kier molecular flexibility index (Phi) is 2.19. The molecule has 17 heavy (non-hydrogen) atoms. The van der Waals surface area contributed by atoms with E-state index in [9.17, 15) is 14.4 Å². The Hall–Kier alpha value is -1.49. The van der Waals surface area contributed by atoms with Crippen LogP contribution < -0.4 is 0 Å². The summed E-state index contributed by atoms with van der Waals surface area (Å²) in [6.45, 7) is 2.45. The van der Waals surface area contributed by atoms with Gasteiger partial charge >= 0.3 is 0 Å². The summed E-state index contributed by atoms with van der Waals surface area (Å²) in [4.78, 5) is 37.7. The van der Waals surface area contributed by atoms with Gasteiger partial charge in [0.1, 0.15) is 5.78 Å². The Bertz CT molecular complexity index is 546. The van der Waals surface area contributed by atoms with Crippen LogP contribution in [0.4, 0.5) is 0 Å². The van der Waals surface area contributed by atoms with Crippen LogP contribution in [0.3, 0.4) is 0 Å². The standard InChI is InChI=1S/C12H11NO3S/c1-6-8-4-13(12(16)9(8)5-17-6)10-2-7(14)3-11(10)15/h5,10H,2-4H2,1H3. The lowest BCUT2D eigenvalue weighted by atomic mass is 10.2. The molecule has 4 nitrogen and oxygen atoms in total. The number of carbonyl (C=O) groups excluding carboxylic acids is 3. The summed E-state index contributed by atoms with van der Waals surface area (Å²) in [6, 6.07) is -0.521. The normalized spacial score (nSPS) is 23.7. The molecule has 2 aliphatic rings. The van der Waals surface area contributed by atoms with E-state index in [-0.39, 0.29) is 30.3 Å². The Morgan fingerprint density at radius 3 is 2.71 bits per heavy atom. The quantitative estimate of drug-likeness (QED) is 0.705. The lowest BCUT2D eigenvalue weighted by molar-refractivity contribution is -0.123. The summed E-state index contributed by atoms with van der Waals surface area (Å²) in [5.74, 6) is -0.272. The van der Waals surface area contributed by atoms with Gasteiger partial charge in [0.25, 0.3) is 5.91 Å². The summed E-state index contributed by atoms with van der Waals surface area (Å²) >= 11 is 1.56. The van der Waals surface area contributed by atoms with Gasteiger partial charge in [0.2, 0.25) is 0 Å². The van der Waals surface area contributed by atoms with Crippen molar-refractivity contribution in [2.45, 2.75) is 32.4 Å². The molecule has 1 aromatic heterocycles. The highest BCUT2D eigenvalue weighted by Crippen LogP contribution is 2.33. The van der Waals surface area contributed by atoms with E-state index in [4.69, 9.17) is 0 Å². The number of thiophene rings is 1. The number of nitrogens with zero attached hydrogens (tertiary/aromatic N) is 1. The Morgan fingerprint density at radius 2 is 2.12 bits per heavy atom. The van der Waals surface area contributed by atoms with E-state index in [0.717, 1.165) is 10.4 Å². The molecule has 1 atom stereocenters. The third-order valence-electron chi connectivity index (χ3n) is 3.46. The van der Waals surface area contributed by atoms with Crippen LogP contribution in [0.15, 0.2) is 5.38 Å². The molecule has 0 bridgehead atoms. The first kappa shape index (κ1) is 10.7. The number of hydrogen-bond acceptors (Lipinski definition) is 4. The van der Waals surface area contributed by atoms with Gasteiger partial charge in [-0.05, 0) is 12.5 Å². The van der Waals surface area contributed by atoms with Crippen molar-refractivity contribution in [3.05, 3.63) is 21.4 Å². The molecule has 1 amide bonds. The average molecular weight is 249 g/mol. The van der Waals surface area contributed by atoms with E-state index in [2.05, 4.69) is 0 Å². The van der Waals surface area contributed by atoms with Crippen LogP contribution in [0, 0.1) is 6.92 Å². The summed E-state index contributed by atoms with van der Waals surface area (Å²) in [5.41, 5.74) is 1.73. The zero-order valence-electron chi connectivity index (χ0n) is 9.36. The molecule has 0 N–H and O–H groups in total. The first-order chi connectivity index (χ1) is 8.08. The maximum Gasteiger partial charge on any atom is 0.255 e. The molecule has 1 aliphatic heterocycles. The number of hydrogen-bond donors (Lipinski definition) is 0. The van der Waals surface area contributed by atoms with Crippen LogP contribution in [0.2, 0.25) is 0 Å². The molecular weight excluding hydrogens is 238 g/mol. The predicted octanol–water partition coefficient (Wildman–Crippen LogP) is 1.31. The van der Waals surface area contributed by atoms with Crippen molar-refractivity contribution in [1.82, 2.24) is 4.90 Å². The van der Waals surface area contributed by atoms with E-state index in [1.807, 2.05) is 12.3 Å². The van der Waals surface area contributed by atoms with Crippen molar-refractivity contribution in [1.29, 1.82) is 0 Å². The minimum atomic E-state index is -0.521. The molecular formula is C12H11NO3S. The molecule has 1 fully saturated rings. The largest absolute Gasteiger partial charge is 0.324 e. The molecule has 2 heterocycles. The lowest BCUT2D eigenvalue weighted by Crippen LogP contribution is -2.38. The maximum absolute atomic E-state index is 12.1. The summed E-state index contributed by atoms with van der Waals surface area (Å²) in [6.07, 6.45) is 0.178. The fraction of sp³-hybridized carbons (Fsp3) is 0.417. The lowest BCUT2D eigenvalue weighted by Gasteiger charge is -2.21. The van der Waals surface area contributed by atoms with Crippen LogP contribution in [-0.2, 0) is 16.1 Å². The number of fused-ring (bicyclic) bond motifs is 1. The highest BCUT2D eigenvalue weighted by Gasteiger charge is 2.42. The highest BCUT2D eigenvalue weighted by atomic mass is 32.1. The molecule has 1 aliphatic carbocycles. The number of ketones is 2. The van der Waals surface area contributed by atoms with Gasteiger partial charge in [0.15, 0.2) is 5.78 Å². The topological polar surface area (TPSA) is 54.5 Å². The fourth-order valence-electron chi connectivity index (χ4n) is 2.50. The van der Waals surface area contributed by atoms with Crippen molar-refractivity contribution >= 4 is 28.8 Å². The van der Waals surface area contributed by atoms with Crippen LogP contribution >= 0.6 is 11.3 Å². The minimum Gasteiger partial charge on any atom is -0.324 e. The number of carbonyl (C=O) groups is 3. The van der Waals surface area contributed by atoms with E-state index >= 15 is 0 Å². The average Bonchev–Trinajstić information content (AvgIpc) is 2.87. The smallest absolute Gasteiger partial charge is 0.255 e. The van der Waals surface area contributed by atoms with Gasteiger partial charge in [0, 0.05) is 23.2 Å². The minimum absolute atomic E-state index is 0.0136. The first-order valence-electron chi connectivity index (χ1n) is 5.50. The third-order valence-corrected chi connectivity index (χ3v) is 4.42. The second-order valence-electron chi connectivity index (χ2n) is 4.52. The van der Waals surface area contributed by atoms with Gasteiger partial charge in [0.05, 0.1) is 18.0 Å². The SMILES string of the molecule is Cc1scc2c1CN(C1CC(=O)CC1=O)C2=O. The maximum atomic E-state index is 12.1. The third kappa shape index (κ3) is 1.45. The Labute approximate surface area is 102 Å². The van der Waals surface area contributed by atoms with Crippen molar-refractivity contribution < 1.29 is 14.4 Å². The van der Waals surface area contributed by atoms with E-state index < -0.39 is 6.04 Å². The Balaban J connectivity index is 1.92. The van der Waals surface area contributed by atoms with E-state index in [0.29, 0.717) is 12.1 Å². The zero-order valence-corrected chi connectivity index (χ0v) is 10.2. The van der Waals surface area contributed by atoms with Crippen LogP contribution in [0.5, 0.6) is 0 Å². The second-order valence-corrected chi connectivity index (χ2v) is 5.60. The summed E-state index contributed by atoms with van der Waals surface area (Å²) in [7, 11) is 0. The number of amides is 1. The van der Waals surface area contributed by atoms with Gasteiger partial charge in [-0.1, -0.05) is 0 Å². The van der Waals surface area contributed by atoms with Crippen LogP contribution in [-0.4, -0.2) is 28.4 Å². The monoisotopic (exact) mass is 249 g/mol. The second kappa shape index (κ2) is 3.50. The molecule has 0 aromatic carbocycles. The summed E-state index contributed by atoms with van der Waals surface area (Å²) < 4.78 is 0. The number of aryl methyl sites for hydroxylation is 1. The molecule has 0 saturated heterocycles. The molecule has 3 rings (SSSR count). The van der Waals surface area contributed by atoms with Gasteiger partial charge in [-0.15, -0.1) is 11.3 Å². The first-order valence-corrected chi connectivity index (χ1v) is 6.38. The molecule has 1 aromatic rings. The van der Waals surface area contributed by atoms with Crippen LogP contribution in [0.25, 0.3) is 0 Å². The zero-order chi connectivity index (χ0) is 12.2. The van der Waals surface area contributed by atoms with E-state index in [1.54, 1.807) is 16.2 Å². The highest BCUT2D eigenvalue weighted by molar-refractivity contribution is 7.10. The van der Waals surface area contributed by atoms with Gasteiger partial charge in [-0.25, -0.2) is 0 Å². The van der Waals surface area contributed by atoms with Crippen molar-refractivity contribution in [3.8, 4) is 0 Å². The number of Topliss-reactive ketones (excluding diaryl/α,β-unsaturated/α-hetero) is 2. The molecule has 1 saturated carbocycles. The van der Waals surface area contributed by atoms with Gasteiger partial charge < -0.3 is 4.90 Å². The van der Waals surface area contributed by atoms with Gasteiger partial charge in [-0.3, -0.25) is 14.4 Å². The van der Waals surface area contributed by atoms with E-state index in [1.165, 1.54) is 0 Å². The van der Waals surface area contributed by atoms with Crippen molar-refractivity contribution in [3.63, 3.8) is 0 Å². The van der Waals surface area contributed by atoms with Crippen LogP contribution in [0.1, 0.15) is 33.6 Å². The summed E-state index contributed by atoms with van der Waals surface area (Å²) in [5, 5.41) is 1.84. The Morgan fingerprint density at radius 1 is 1.35 bits per heavy atom. The molecule has 1 unspecified atom stereocenters. The molecule has 88 valence electrons. The number of rotatable bonds is 1. The van der Waals surface area contributed by atoms with Crippen molar-refractivity contribution in [2.24, 2.45) is 0 Å². The molecule has 5 heteroatoms. The fourth-order valence-corrected chi connectivity index (χ4v) is 3.36.